The van der Waals surface area contributed by atoms with E-state index in [0.717, 1.165) is 6.54 Å². The van der Waals surface area contributed by atoms with Crippen LogP contribution >= 0.6 is 0 Å². The predicted molar refractivity (Wildman–Crippen MR) is 43.6 cm³/mol. The summed E-state index contributed by atoms with van der Waals surface area (Å²) >= 11 is 0. The van der Waals surface area contributed by atoms with Crippen molar-refractivity contribution in [1.29, 1.82) is 0 Å². The third-order valence-corrected chi connectivity index (χ3v) is 2.45. The average molecular weight is 170 g/mol. The fourth-order valence-corrected chi connectivity index (χ4v) is 1.67. The lowest BCUT2D eigenvalue weighted by Crippen LogP contribution is -2.56. The molecule has 1 aliphatic carbocycles. The molecule has 1 amide bonds. The van der Waals surface area contributed by atoms with Crippen LogP contribution in [0, 0.1) is 0 Å². The van der Waals surface area contributed by atoms with Crippen molar-refractivity contribution in [3.8, 4) is 0 Å². The number of nitrogens with zero attached hydrogens (tertiary/aromatic N) is 1. The van der Waals surface area contributed by atoms with Crippen molar-refractivity contribution in [1.82, 2.24) is 10.2 Å². The van der Waals surface area contributed by atoms with E-state index in [1.807, 2.05) is 0 Å². The number of carbonyl (C=O) groups is 1. The third-order valence-electron chi connectivity index (χ3n) is 2.45. The molecule has 0 bridgehead atoms. The minimum Gasteiger partial charge on any atom is -0.394 e. The molecular weight excluding hydrogens is 156 g/mol. The van der Waals surface area contributed by atoms with Crippen molar-refractivity contribution in [3.05, 3.63) is 0 Å². The molecule has 2 aliphatic rings. The standard InChI is InChI=1S/C8H14N2O2/c11-5-6-3-10(7-1-2-7)4-8(12)9-6/h6-7,11H,1-5H2,(H,9,12). The molecule has 1 saturated carbocycles. The molecule has 12 heavy (non-hydrogen) atoms. The Bertz CT molecular complexity index is 191. The van der Waals surface area contributed by atoms with Crippen molar-refractivity contribution >= 4 is 5.91 Å². The van der Waals surface area contributed by atoms with Crippen LogP contribution in [-0.2, 0) is 4.79 Å². The van der Waals surface area contributed by atoms with Gasteiger partial charge in [0.15, 0.2) is 0 Å². The number of piperazine rings is 1. The van der Waals surface area contributed by atoms with Crippen molar-refractivity contribution in [2.24, 2.45) is 0 Å². The number of rotatable bonds is 2. The Kier molecular flexibility index (Phi) is 2.02. The summed E-state index contributed by atoms with van der Waals surface area (Å²) in [5.74, 6) is 0.0483. The van der Waals surface area contributed by atoms with Crippen LogP contribution in [0.5, 0.6) is 0 Å². The Morgan fingerprint density at radius 1 is 1.58 bits per heavy atom. The van der Waals surface area contributed by atoms with Crippen LogP contribution in [0.1, 0.15) is 12.8 Å². The van der Waals surface area contributed by atoms with Crippen molar-refractivity contribution in [2.45, 2.75) is 24.9 Å². The van der Waals surface area contributed by atoms with Gasteiger partial charge in [0.25, 0.3) is 0 Å². The maximum Gasteiger partial charge on any atom is 0.234 e. The molecule has 4 nitrogen and oxygen atoms in total. The number of aliphatic hydroxyl groups excluding tert-OH is 1. The molecule has 0 radical (unpaired) electrons. The molecule has 0 aromatic rings. The second kappa shape index (κ2) is 3.03. The van der Waals surface area contributed by atoms with Gasteiger partial charge in [0.05, 0.1) is 19.2 Å². The summed E-state index contributed by atoms with van der Waals surface area (Å²) in [5, 5.41) is 11.6. The van der Waals surface area contributed by atoms with Gasteiger partial charge in [0.1, 0.15) is 0 Å². The van der Waals surface area contributed by atoms with Crippen molar-refractivity contribution in [3.63, 3.8) is 0 Å². The van der Waals surface area contributed by atoms with E-state index in [2.05, 4.69) is 10.2 Å². The minimum atomic E-state index is -0.0492. The van der Waals surface area contributed by atoms with Gasteiger partial charge in [-0.15, -0.1) is 0 Å². The van der Waals surface area contributed by atoms with E-state index in [0.29, 0.717) is 12.6 Å². The molecule has 0 aromatic heterocycles. The van der Waals surface area contributed by atoms with E-state index in [1.54, 1.807) is 0 Å². The number of hydrogen-bond donors (Lipinski definition) is 2. The van der Waals surface area contributed by atoms with E-state index in [-0.39, 0.29) is 18.6 Å². The molecule has 1 heterocycles. The summed E-state index contributed by atoms with van der Waals surface area (Å²) in [4.78, 5) is 13.3. The summed E-state index contributed by atoms with van der Waals surface area (Å²) in [6, 6.07) is 0.567. The monoisotopic (exact) mass is 170 g/mol. The Hall–Kier alpha value is -0.610. The lowest BCUT2D eigenvalue weighted by atomic mass is 10.2. The van der Waals surface area contributed by atoms with Crippen LogP contribution in [-0.4, -0.2) is 47.7 Å². The topological polar surface area (TPSA) is 52.6 Å². The third kappa shape index (κ3) is 1.59. The highest BCUT2D eigenvalue weighted by Gasteiger charge is 2.34. The average Bonchev–Trinajstić information content (AvgIpc) is 2.85. The first kappa shape index (κ1) is 8.01. The lowest BCUT2D eigenvalue weighted by Gasteiger charge is -2.31. The number of hydrogen-bond acceptors (Lipinski definition) is 3. The zero-order valence-corrected chi connectivity index (χ0v) is 6.99. The Labute approximate surface area is 71.5 Å². The van der Waals surface area contributed by atoms with E-state index >= 15 is 0 Å². The van der Waals surface area contributed by atoms with E-state index in [4.69, 9.17) is 5.11 Å². The van der Waals surface area contributed by atoms with Gasteiger partial charge < -0.3 is 10.4 Å². The zero-order valence-electron chi connectivity index (χ0n) is 6.99. The normalized spacial score (nSPS) is 31.8. The molecule has 1 atom stereocenters. The van der Waals surface area contributed by atoms with Gasteiger partial charge in [-0.05, 0) is 12.8 Å². The maximum atomic E-state index is 11.1. The molecular formula is C8H14N2O2. The Balaban J connectivity index is 1.93. The van der Waals surface area contributed by atoms with Gasteiger partial charge in [0, 0.05) is 12.6 Å². The van der Waals surface area contributed by atoms with Crippen LogP contribution in [0.2, 0.25) is 0 Å². The Morgan fingerprint density at radius 3 is 2.92 bits per heavy atom. The van der Waals surface area contributed by atoms with E-state index in [9.17, 15) is 4.79 Å². The summed E-state index contributed by atoms with van der Waals surface area (Å²) < 4.78 is 0. The summed E-state index contributed by atoms with van der Waals surface area (Å²) in [6.07, 6.45) is 2.43. The maximum absolute atomic E-state index is 11.1. The first-order valence-electron chi connectivity index (χ1n) is 4.44. The number of aliphatic hydroxyl groups is 1. The van der Waals surface area contributed by atoms with E-state index < -0.39 is 0 Å². The first-order chi connectivity index (χ1) is 5.79. The van der Waals surface area contributed by atoms with Gasteiger partial charge >= 0.3 is 0 Å². The molecule has 2 N–H and O–H groups in total. The molecule has 2 rings (SSSR count). The molecule has 1 saturated heterocycles. The van der Waals surface area contributed by atoms with Gasteiger partial charge in [-0.2, -0.15) is 0 Å². The molecule has 2 fully saturated rings. The predicted octanol–water partition coefficient (Wildman–Crippen LogP) is -1.06. The highest BCUT2D eigenvalue weighted by atomic mass is 16.3. The summed E-state index contributed by atoms with van der Waals surface area (Å²) in [5.41, 5.74) is 0. The fourth-order valence-electron chi connectivity index (χ4n) is 1.67. The fraction of sp³-hybridized carbons (Fsp3) is 0.875. The first-order valence-corrected chi connectivity index (χ1v) is 4.44. The number of amides is 1. The van der Waals surface area contributed by atoms with Crippen molar-refractivity contribution < 1.29 is 9.90 Å². The smallest absolute Gasteiger partial charge is 0.234 e. The van der Waals surface area contributed by atoms with E-state index in [1.165, 1.54) is 12.8 Å². The van der Waals surface area contributed by atoms with Crippen LogP contribution < -0.4 is 5.32 Å². The molecule has 0 aromatic carbocycles. The SMILES string of the molecule is O=C1CN(C2CC2)CC(CO)N1. The quantitative estimate of drug-likeness (QED) is 0.555. The number of nitrogens with one attached hydrogen (secondary N) is 1. The van der Waals surface area contributed by atoms with Gasteiger partial charge in [-0.25, -0.2) is 0 Å². The second-order valence-corrected chi connectivity index (χ2v) is 3.61. The lowest BCUT2D eigenvalue weighted by molar-refractivity contribution is -0.126. The zero-order chi connectivity index (χ0) is 8.55. The Morgan fingerprint density at radius 2 is 2.33 bits per heavy atom. The second-order valence-electron chi connectivity index (χ2n) is 3.61. The highest BCUT2D eigenvalue weighted by molar-refractivity contribution is 5.79. The molecule has 1 aliphatic heterocycles. The van der Waals surface area contributed by atoms with Crippen LogP contribution in [0.4, 0.5) is 0 Å². The molecule has 1 unspecified atom stereocenters. The van der Waals surface area contributed by atoms with Crippen molar-refractivity contribution in [2.75, 3.05) is 19.7 Å². The number of carbonyl (C=O) groups excluding carboxylic acids is 1. The van der Waals surface area contributed by atoms with Crippen LogP contribution in [0.3, 0.4) is 0 Å². The van der Waals surface area contributed by atoms with Gasteiger partial charge in [-0.3, -0.25) is 9.69 Å². The molecule has 0 spiro atoms. The van der Waals surface area contributed by atoms with Gasteiger partial charge in [-0.1, -0.05) is 0 Å². The summed E-state index contributed by atoms with van der Waals surface area (Å²) in [7, 11) is 0. The summed E-state index contributed by atoms with van der Waals surface area (Å²) in [6.45, 7) is 1.38. The van der Waals surface area contributed by atoms with Crippen LogP contribution in [0.15, 0.2) is 0 Å². The minimum absolute atomic E-state index is 0.0483. The molecule has 4 heteroatoms. The largest absolute Gasteiger partial charge is 0.394 e. The van der Waals surface area contributed by atoms with Crippen LogP contribution in [0.25, 0.3) is 0 Å². The molecule has 68 valence electrons. The highest BCUT2D eigenvalue weighted by Crippen LogP contribution is 2.27. The van der Waals surface area contributed by atoms with Gasteiger partial charge in [0.2, 0.25) is 5.91 Å².